The van der Waals surface area contributed by atoms with Crippen molar-refractivity contribution < 1.29 is 31.9 Å². The summed E-state index contributed by atoms with van der Waals surface area (Å²) in [5.74, 6) is -0.612. The number of pyridine rings is 1. The van der Waals surface area contributed by atoms with Gasteiger partial charge in [0.25, 0.3) is 5.91 Å². The molecule has 2 amide bonds. The molecule has 0 bridgehead atoms. The number of hydrogen-bond donors (Lipinski definition) is 0. The van der Waals surface area contributed by atoms with Crippen molar-refractivity contribution in [3.63, 3.8) is 0 Å². The lowest BCUT2D eigenvalue weighted by atomic mass is 9.92. The highest BCUT2D eigenvalue weighted by molar-refractivity contribution is 6.33. The van der Waals surface area contributed by atoms with Gasteiger partial charge >= 0.3 is 12.3 Å². The van der Waals surface area contributed by atoms with Gasteiger partial charge < -0.3 is 19.0 Å². The number of fused-ring (bicyclic) bond motifs is 1. The summed E-state index contributed by atoms with van der Waals surface area (Å²) in [6, 6.07) is 2.41. The van der Waals surface area contributed by atoms with Gasteiger partial charge in [-0.3, -0.25) is 9.20 Å². The highest BCUT2D eigenvalue weighted by Crippen LogP contribution is 2.37. The van der Waals surface area contributed by atoms with Crippen molar-refractivity contribution in [3.8, 4) is 11.1 Å². The molecule has 2 unspecified atom stereocenters. The number of rotatable bonds is 3. The maximum atomic E-state index is 13.9. The second kappa shape index (κ2) is 8.23. The number of furan rings is 1. The van der Waals surface area contributed by atoms with Crippen LogP contribution < -0.4 is 0 Å². The maximum Gasteiger partial charge on any atom is 0.420 e. The van der Waals surface area contributed by atoms with E-state index in [4.69, 9.17) is 20.8 Å². The number of cyclic esters (lactones) is 1. The Morgan fingerprint density at radius 3 is 2.68 bits per heavy atom. The van der Waals surface area contributed by atoms with Crippen molar-refractivity contribution in [2.24, 2.45) is 5.92 Å². The average Bonchev–Trinajstić information content (AvgIpc) is 3.53. The fourth-order valence-electron chi connectivity index (χ4n) is 4.69. The van der Waals surface area contributed by atoms with Crippen LogP contribution in [0.2, 0.25) is 5.15 Å². The van der Waals surface area contributed by atoms with Crippen molar-refractivity contribution in [2.45, 2.75) is 25.6 Å². The third kappa shape index (κ3) is 3.77. The number of halogens is 4. The van der Waals surface area contributed by atoms with Crippen molar-refractivity contribution in [1.82, 2.24) is 19.2 Å². The van der Waals surface area contributed by atoms with Crippen molar-refractivity contribution >= 4 is 29.2 Å². The van der Waals surface area contributed by atoms with Crippen LogP contribution >= 0.6 is 11.6 Å². The normalized spacial score (nSPS) is 21.4. The molecule has 3 aromatic heterocycles. The molecular weight excluding hydrogens is 477 g/mol. The number of carbonyl (C=O) groups excluding carboxylic acids is 2. The molecule has 0 N–H and O–H groups in total. The van der Waals surface area contributed by atoms with Crippen LogP contribution in [-0.2, 0) is 10.9 Å². The molecule has 12 heteroatoms. The summed E-state index contributed by atoms with van der Waals surface area (Å²) < 4.78 is 52.6. The summed E-state index contributed by atoms with van der Waals surface area (Å²) in [6.07, 6.45) is -0.495. The van der Waals surface area contributed by atoms with E-state index in [0.717, 1.165) is 10.5 Å². The Bertz CT molecular complexity index is 1260. The Morgan fingerprint density at radius 1 is 1.26 bits per heavy atom. The van der Waals surface area contributed by atoms with Crippen LogP contribution in [0.4, 0.5) is 18.0 Å². The number of hydrogen-bond acceptors (Lipinski definition) is 5. The van der Waals surface area contributed by atoms with Crippen LogP contribution in [0.1, 0.15) is 29.4 Å². The standard InChI is InChI=1S/C22H20ClF3N4O4/c1-12-9-28(4-2-16(12)29-5-7-34-21(29)32)20(31)17-18(23)30-10-14(13-3-6-33-11-13)8-15(19(30)27-17)22(24,25)26/h3,6,8,10-12,16H,2,4-5,7,9H2,1H3. The number of ether oxygens (including phenoxy) is 1. The summed E-state index contributed by atoms with van der Waals surface area (Å²) in [4.78, 5) is 32.4. The van der Waals surface area contributed by atoms with Crippen LogP contribution in [0.3, 0.4) is 0 Å². The molecule has 0 radical (unpaired) electrons. The van der Waals surface area contributed by atoms with E-state index in [1.807, 2.05) is 6.92 Å². The molecule has 34 heavy (non-hydrogen) atoms. The zero-order chi connectivity index (χ0) is 24.2. The molecule has 2 aliphatic rings. The predicted octanol–water partition coefficient (Wildman–Crippen LogP) is 4.57. The SMILES string of the molecule is CC1CN(C(=O)c2nc3c(C(F)(F)F)cc(-c4ccoc4)cn3c2Cl)CCC1N1CCOC1=O. The predicted molar refractivity (Wildman–Crippen MR) is 114 cm³/mol. The summed E-state index contributed by atoms with van der Waals surface area (Å²) >= 11 is 6.41. The van der Waals surface area contributed by atoms with Gasteiger partial charge in [-0.25, -0.2) is 9.78 Å². The molecule has 2 atom stereocenters. The number of carbonyl (C=O) groups is 2. The van der Waals surface area contributed by atoms with Crippen molar-refractivity contribution in [3.05, 3.63) is 47.3 Å². The first-order chi connectivity index (χ1) is 16.1. The summed E-state index contributed by atoms with van der Waals surface area (Å²) in [6.45, 7) is 3.38. The molecule has 8 nitrogen and oxygen atoms in total. The number of imidazole rings is 1. The Labute approximate surface area is 196 Å². The van der Waals surface area contributed by atoms with Crippen LogP contribution in [-0.4, -0.2) is 63.5 Å². The second-order valence-electron chi connectivity index (χ2n) is 8.49. The van der Waals surface area contributed by atoms with E-state index in [-0.39, 0.29) is 34.5 Å². The van der Waals surface area contributed by atoms with E-state index in [0.29, 0.717) is 38.2 Å². The van der Waals surface area contributed by atoms with Crippen molar-refractivity contribution in [1.29, 1.82) is 0 Å². The highest BCUT2D eigenvalue weighted by atomic mass is 35.5. The van der Waals surface area contributed by atoms with Crippen LogP contribution in [0, 0.1) is 5.92 Å². The summed E-state index contributed by atoms with van der Waals surface area (Å²) in [5, 5.41) is -0.200. The summed E-state index contributed by atoms with van der Waals surface area (Å²) in [5.41, 5.74) is -1.05. The number of likely N-dealkylation sites (tertiary alicyclic amines) is 1. The molecule has 0 saturated carbocycles. The number of alkyl halides is 3. The molecule has 180 valence electrons. The molecular formula is C22H20ClF3N4O4. The molecule has 2 saturated heterocycles. The van der Waals surface area contributed by atoms with Crippen LogP contribution in [0.5, 0.6) is 0 Å². The quantitative estimate of drug-likeness (QED) is 0.530. The first kappa shape index (κ1) is 22.6. The Morgan fingerprint density at radius 2 is 2.06 bits per heavy atom. The number of aromatic nitrogens is 2. The van der Waals surface area contributed by atoms with E-state index >= 15 is 0 Å². The molecule has 5 rings (SSSR count). The van der Waals surface area contributed by atoms with Gasteiger partial charge in [0, 0.05) is 36.5 Å². The average molecular weight is 497 g/mol. The van der Waals surface area contributed by atoms with E-state index in [1.54, 1.807) is 4.90 Å². The first-order valence-electron chi connectivity index (χ1n) is 10.7. The third-order valence-corrected chi connectivity index (χ3v) is 6.73. The van der Waals surface area contributed by atoms with Gasteiger partial charge in [-0.2, -0.15) is 13.2 Å². The Balaban J connectivity index is 1.48. The van der Waals surface area contributed by atoms with E-state index in [1.165, 1.54) is 29.7 Å². The van der Waals surface area contributed by atoms with Gasteiger partial charge in [0.2, 0.25) is 0 Å². The van der Waals surface area contributed by atoms with Crippen LogP contribution in [0.15, 0.2) is 35.3 Å². The Hall–Kier alpha value is -3.21. The minimum atomic E-state index is -4.72. The topological polar surface area (TPSA) is 80.3 Å². The monoisotopic (exact) mass is 496 g/mol. The van der Waals surface area contributed by atoms with Gasteiger partial charge in [0.1, 0.15) is 11.8 Å². The number of amides is 2. The second-order valence-corrected chi connectivity index (χ2v) is 8.85. The molecule has 5 heterocycles. The zero-order valence-corrected chi connectivity index (χ0v) is 18.8. The summed E-state index contributed by atoms with van der Waals surface area (Å²) in [7, 11) is 0. The number of piperidine rings is 1. The van der Waals surface area contributed by atoms with E-state index < -0.39 is 23.3 Å². The van der Waals surface area contributed by atoms with E-state index in [9.17, 15) is 22.8 Å². The van der Waals surface area contributed by atoms with E-state index in [2.05, 4.69) is 4.98 Å². The third-order valence-electron chi connectivity index (χ3n) is 6.36. The molecule has 2 fully saturated rings. The molecule has 2 aliphatic heterocycles. The van der Waals surface area contributed by atoms with Crippen molar-refractivity contribution in [2.75, 3.05) is 26.2 Å². The lowest BCUT2D eigenvalue weighted by Gasteiger charge is -2.40. The van der Waals surface area contributed by atoms with Gasteiger partial charge in [0.15, 0.2) is 11.3 Å². The van der Waals surface area contributed by atoms with Gasteiger partial charge in [-0.05, 0) is 24.5 Å². The maximum absolute atomic E-state index is 13.9. The lowest BCUT2D eigenvalue weighted by molar-refractivity contribution is -0.136. The Kier molecular flexibility index (Phi) is 5.46. The minimum absolute atomic E-state index is 0.0578. The zero-order valence-electron chi connectivity index (χ0n) is 18.0. The van der Waals surface area contributed by atoms with Gasteiger partial charge in [-0.15, -0.1) is 0 Å². The molecule has 0 spiro atoms. The van der Waals surface area contributed by atoms with Crippen LogP contribution in [0.25, 0.3) is 16.8 Å². The first-order valence-corrected chi connectivity index (χ1v) is 11.1. The fraction of sp³-hybridized carbons (Fsp3) is 0.409. The fourth-order valence-corrected chi connectivity index (χ4v) is 4.94. The van der Waals surface area contributed by atoms with Gasteiger partial charge in [0.05, 0.1) is 24.6 Å². The molecule has 0 aromatic carbocycles. The minimum Gasteiger partial charge on any atom is -0.472 e. The molecule has 3 aromatic rings. The smallest absolute Gasteiger partial charge is 0.420 e. The number of nitrogens with zero attached hydrogens (tertiary/aromatic N) is 4. The molecule has 0 aliphatic carbocycles. The lowest BCUT2D eigenvalue weighted by Crippen LogP contribution is -2.52. The highest BCUT2D eigenvalue weighted by Gasteiger charge is 2.40. The van der Waals surface area contributed by atoms with Gasteiger partial charge in [-0.1, -0.05) is 18.5 Å². The largest absolute Gasteiger partial charge is 0.472 e.